The van der Waals surface area contributed by atoms with Crippen molar-refractivity contribution in [1.29, 1.82) is 5.26 Å². The van der Waals surface area contributed by atoms with Gasteiger partial charge in [0.1, 0.15) is 23.1 Å². The highest BCUT2D eigenvalue weighted by Gasteiger charge is 2.10. The molecule has 0 aliphatic heterocycles. The number of para-hydroxylation sites is 1. The minimum atomic E-state index is -0.747. The van der Waals surface area contributed by atoms with Crippen LogP contribution in [0.2, 0.25) is 5.02 Å². The fourth-order valence-corrected chi connectivity index (χ4v) is 2.13. The summed E-state index contributed by atoms with van der Waals surface area (Å²) in [6, 6.07) is 14.9. The molecule has 0 aromatic heterocycles. The molecule has 2 aromatic rings. The second-order valence-electron chi connectivity index (χ2n) is 4.93. The number of carbonyl (C=O) groups excluding carboxylic acids is 2. The number of ether oxygens (including phenoxy) is 3. The molecule has 0 unspecified atom stereocenters. The van der Waals surface area contributed by atoms with Crippen LogP contribution in [0.1, 0.15) is 5.56 Å². The Bertz CT molecular complexity index is 885. The van der Waals surface area contributed by atoms with Gasteiger partial charge >= 0.3 is 11.9 Å². The van der Waals surface area contributed by atoms with Crippen LogP contribution in [0, 0.1) is 11.3 Å². The third-order valence-corrected chi connectivity index (χ3v) is 3.42. The monoisotopic (exact) mass is 371 g/mol. The molecule has 0 bridgehead atoms. The van der Waals surface area contributed by atoms with Crippen LogP contribution < -0.4 is 9.47 Å². The van der Waals surface area contributed by atoms with E-state index in [0.29, 0.717) is 16.3 Å². The van der Waals surface area contributed by atoms with Gasteiger partial charge in [-0.15, -0.1) is 0 Å². The summed E-state index contributed by atoms with van der Waals surface area (Å²) >= 11 is 5.94. The Balaban J connectivity index is 2.03. The molecule has 0 aliphatic rings. The zero-order chi connectivity index (χ0) is 18.9. The van der Waals surface area contributed by atoms with Crippen molar-refractivity contribution in [2.45, 2.75) is 0 Å². The maximum atomic E-state index is 11.9. The molecule has 26 heavy (non-hydrogen) atoms. The Morgan fingerprint density at radius 2 is 1.96 bits per heavy atom. The van der Waals surface area contributed by atoms with Crippen LogP contribution in [0.3, 0.4) is 0 Å². The topological polar surface area (TPSA) is 85.6 Å². The summed E-state index contributed by atoms with van der Waals surface area (Å²) in [6.45, 7) is -0.324. The van der Waals surface area contributed by atoms with Crippen molar-refractivity contribution in [3.05, 3.63) is 64.7 Å². The van der Waals surface area contributed by atoms with Crippen molar-refractivity contribution in [3.63, 3.8) is 0 Å². The smallest absolute Gasteiger partial charge is 0.349 e. The molecule has 132 valence electrons. The van der Waals surface area contributed by atoms with E-state index >= 15 is 0 Å². The first kappa shape index (κ1) is 19.0. The van der Waals surface area contributed by atoms with E-state index in [0.717, 1.165) is 0 Å². The van der Waals surface area contributed by atoms with Crippen LogP contribution >= 0.6 is 11.6 Å². The Hall–Kier alpha value is -3.30. The molecular weight excluding hydrogens is 358 g/mol. The van der Waals surface area contributed by atoms with Crippen molar-refractivity contribution in [1.82, 2.24) is 0 Å². The number of hydrogen-bond donors (Lipinski definition) is 0. The summed E-state index contributed by atoms with van der Waals surface area (Å²) in [5.41, 5.74) is 0.335. The molecule has 0 heterocycles. The summed E-state index contributed by atoms with van der Waals surface area (Å²) in [5, 5.41) is 9.36. The second kappa shape index (κ2) is 9.25. The van der Waals surface area contributed by atoms with Crippen LogP contribution in [0.15, 0.2) is 54.1 Å². The average molecular weight is 372 g/mol. The third-order valence-electron chi connectivity index (χ3n) is 3.11. The number of carbonyl (C=O) groups is 2. The number of nitrogens with zero attached hydrogens (tertiary/aromatic N) is 1. The molecule has 2 rings (SSSR count). The average Bonchev–Trinajstić information content (AvgIpc) is 2.65. The van der Waals surface area contributed by atoms with Crippen molar-refractivity contribution in [3.8, 4) is 17.6 Å². The number of benzene rings is 2. The van der Waals surface area contributed by atoms with E-state index in [1.54, 1.807) is 48.5 Å². The van der Waals surface area contributed by atoms with E-state index < -0.39 is 11.9 Å². The van der Waals surface area contributed by atoms with E-state index in [1.165, 1.54) is 19.3 Å². The van der Waals surface area contributed by atoms with Crippen molar-refractivity contribution < 1.29 is 23.8 Å². The van der Waals surface area contributed by atoms with E-state index in [2.05, 4.69) is 4.74 Å². The van der Waals surface area contributed by atoms with Gasteiger partial charge in [-0.2, -0.15) is 5.26 Å². The van der Waals surface area contributed by atoms with Crippen LogP contribution in [0.4, 0.5) is 0 Å². The number of rotatable bonds is 6. The molecule has 0 amide bonds. The molecule has 0 fully saturated rings. The fourth-order valence-electron chi connectivity index (χ4n) is 1.94. The number of methoxy groups -OCH3 is 1. The van der Waals surface area contributed by atoms with E-state index in [9.17, 15) is 9.59 Å². The zero-order valence-corrected chi connectivity index (χ0v) is 14.5. The first-order valence-corrected chi connectivity index (χ1v) is 7.79. The van der Waals surface area contributed by atoms with Crippen molar-refractivity contribution in [2.75, 3.05) is 13.7 Å². The van der Waals surface area contributed by atoms with E-state index in [-0.39, 0.29) is 17.9 Å². The maximum absolute atomic E-state index is 11.9. The fraction of sp³-hybridized carbons (Fsp3) is 0.105. The minimum absolute atomic E-state index is 0.168. The normalized spacial score (nSPS) is 10.6. The molecule has 0 saturated carbocycles. The van der Waals surface area contributed by atoms with Gasteiger partial charge in [0, 0.05) is 0 Å². The molecule has 2 aromatic carbocycles. The second-order valence-corrected chi connectivity index (χ2v) is 5.33. The third kappa shape index (κ3) is 5.36. The molecule has 0 spiro atoms. The highest BCUT2D eigenvalue weighted by atomic mass is 35.5. The first-order chi connectivity index (χ1) is 12.5. The highest BCUT2D eigenvalue weighted by molar-refractivity contribution is 6.32. The van der Waals surface area contributed by atoms with Gasteiger partial charge in [-0.05, 0) is 35.9 Å². The molecule has 0 saturated heterocycles. The lowest BCUT2D eigenvalue weighted by atomic mass is 10.1. The van der Waals surface area contributed by atoms with Crippen LogP contribution in [0.25, 0.3) is 6.08 Å². The summed E-state index contributed by atoms with van der Waals surface area (Å²) in [4.78, 5) is 23.3. The predicted octanol–water partition coefficient (Wildman–Crippen LogP) is 3.40. The van der Waals surface area contributed by atoms with Gasteiger partial charge in [-0.3, -0.25) is 0 Å². The first-order valence-electron chi connectivity index (χ1n) is 7.41. The lowest BCUT2D eigenvalue weighted by Gasteiger charge is -2.08. The number of nitriles is 1. The predicted molar refractivity (Wildman–Crippen MR) is 94.6 cm³/mol. The number of hydrogen-bond acceptors (Lipinski definition) is 6. The van der Waals surface area contributed by atoms with Gasteiger partial charge in [0.15, 0.2) is 6.61 Å². The van der Waals surface area contributed by atoms with Gasteiger partial charge in [0.2, 0.25) is 0 Å². The quantitative estimate of drug-likeness (QED) is 0.335. The SMILES string of the molecule is COC(=O)/C(C#N)=C/c1cccc(OC(=O)COc2ccccc2Cl)c1. The van der Waals surface area contributed by atoms with Crippen LogP contribution in [-0.2, 0) is 14.3 Å². The molecule has 0 aliphatic carbocycles. The van der Waals surface area contributed by atoms with E-state index in [4.69, 9.17) is 26.3 Å². The van der Waals surface area contributed by atoms with Gasteiger partial charge in [-0.25, -0.2) is 9.59 Å². The standard InChI is InChI=1S/C19H14ClNO5/c1-24-19(23)14(11-21)9-13-5-4-6-15(10-13)26-18(22)12-25-17-8-3-2-7-16(17)20/h2-10H,12H2,1H3/b14-9+. The maximum Gasteiger partial charge on any atom is 0.349 e. The summed E-state index contributed by atoms with van der Waals surface area (Å²) in [6.07, 6.45) is 1.34. The minimum Gasteiger partial charge on any atom is -0.480 e. The van der Waals surface area contributed by atoms with Crippen molar-refractivity contribution in [2.24, 2.45) is 0 Å². The molecule has 0 atom stereocenters. The van der Waals surface area contributed by atoms with E-state index in [1.807, 2.05) is 0 Å². The molecule has 6 nitrogen and oxygen atoms in total. The number of halogens is 1. The van der Waals surface area contributed by atoms with Gasteiger partial charge in [0.05, 0.1) is 12.1 Å². The Labute approximate surface area is 155 Å². The van der Waals surface area contributed by atoms with Crippen LogP contribution in [-0.4, -0.2) is 25.7 Å². The lowest BCUT2D eigenvalue weighted by Crippen LogP contribution is -2.17. The lowest BCUT2D eigenvalue weighted by molar-refractivity contribution is -0.137. The summed E-state index contributed by atoms with van der Waals surface area (Å²) in [7, 11) is 1.19. The summed E-state index contributed by atoms with van der Waals surface area (Å²) < 4.78 is 15.0. The van der Waals surface area contributed by atoms with Gasteiger partial charge in [-0.1, -0.05) is 35.9 Å². The Morgan fingerprint density at radius 1 is 1.19 bits per heavy atom. The Kier molecular flexibility index (Phi) is 6.77. The molecule has 0 N–H and O–H groups in total. The molecule has 0 radical (unpaired) electrons. The molecule has 7 heteroatoms. The van der Waals surface area contributed by atoms with Crippen molar-refractivity contribution >= 4 is 29.6 Å². The van der Waals surface area contributed by atoms with Crippen LogP contribution in [0.5, 0.6) is 11.5 Å². The molecular formula is C19H14ClNO5. The summed E-state index contributed by atoms with van der Waals surface area (Å²) in [5.74, 6) is -0.754. The largest absolute Gasteiger partial charge is 0.480 e. The Morgan fingerprint density at radius 3 is 2.65 bits per heavy atom. The highest BCUT2D eigenvalue weighted by Crippen LogP contribution is 2.23. The van der Waals surface area contributed by atoms with Gasteiger partial charge in [0.25, 0.3) is 0 Å². The number of esters is 2. The van der Waals surface area contributed by atoms with Gasteiger partial charge < -0.3 is 14.2 Å². The zero-order valence-electron chi connectivity index (χ0n) is 13.8.